The Morgan fingerprint density at radius 1 is 1.20 bits per heavy atom. The van der Waals surface area contributed by atoms with Gasteiger partial charge in [-0.05, 0) is 50.7 Å². The molecule has 1 saturated heterocycles. The van der Waals surface area contributed by atoms with Crippen LogP contribution in [0.1, 0.15) is 38.2 Å². The lowest BCUT2D eigenvalue weighted by Crippen LogP contribution is -2.47. The van der Waals surface area contributed by atoms with Gasteiger partial charge in [0.25, 0.3) is 0 Å². The number of rotatable bonds is 2. The first kappa shape index (κ1) is 13.5. The van der Waals surface area contributed by atoms with Crippen molar-refractivity contribution in [2.24, 2.45) is 0 Å². The van der Waals surface area contributed by atoms with Crippen LogP contribution >= 0.6 is 0 Å². The molecule has 2 aliphatic rings. The second kappa shape index (κ2) is 5.86. The number of carbonyl (C=O) groups is 1. The van der Waals surface area contributed by atoms with Gasteiger partial charge in [-0.1, -0.05) is 18.2 Å². The van der Waals surface area contributed by atoms with E-state index in [-0.39, 0.29) is 0 Å². The number of hydrogen-bond acceptors (Lipinski definition) is 2. The lowest BCUT2D eigenvalue weighted by molar-refractivity contribution is -0.130. The molecule has 1 aromatic carbocycles. The minimum atomic E-state index is 0.299. The van der Waals surface area contributed by atoms with Crippen LogP contribution in [-0.4, -0.2) is 36.5 Å². The van der Waals surface area contributed by atoms with Gasteiger partial charge in [0.2, 0.25) is 5.91 Å². The Hall–Kier alpha value is -1.51. The molecule has 0 aliphatic carbocycles. The Morgan fingerprint density at radius 3 is 2.75 bits per heavy atom. The molecule has 0 bridgehead atoms. The van der Waals surface area contributed by atoms with E-state index in [9.17, 15) is 4.79 Å². The monoisotopic (exact) mass is 272 g/mol. The Bertz CT molecular complexity index is 480. The maximum Gasteiger partial charge on any atom is 0.242 e. The summed E-state index contributed by atoms with van der Waals surface area (Å²) < 4.78 is 0. The van der Waals surface area contributed by atoms with E-state index in [1.807, 2.05) is 4.90 Å². The molecule has 0 saturated carbocycles. The van der Waals surface area contributed by atoms with Crippen LogP contribution in [-0.2, 0) is 11.2 Å². The van der Waals surface area contributed by atoms with Gasteiger partial charge in [-0.25, -0.2) is 0 Å². The molecule has 1 unspecified atom stereocenters. The summed E-state index contributed by atoms with van der Waals surface area (Å²) in [5, 5.41) is 0. The van der Waals surface area contributed by atoms with E-state index >= 15 is 0 Å². The van der Waals surface area contributed by atoms with Crippen LogP contribution in [0.2, 0.25) is 0 Å². The summed E-state index contributed by atoms with van der Waals surface area (Å²) >= 11 is 0. The Balaban J connectivity index is 1.74. The van der Waals surface area contributed by atoms with Crippen LogP contribution < -0.4 is 4.90 Å². The van der Waals surface area contributed by atoms with E-state index in [1.54, 1.807) is 0 Å². The Morgan fingerprint density at radius 2 is 1.95 bits per heavy atom. The van der Waals surface area contributed by atoms with Crippen LogP contribution in [0.25, 0.3) is 0 Å². The van der Waals surface area contributed by atoms with Crippen molar-refractivity contribution in [3.05, 3.63) is 29.8 Å². The second-order valence-electron chi connectivity index (χ2n) is 6.09. The van der Waals surface area contributed by atoms with Gasteiger partial charge in [0, 0.05) is 24.8 Å². The first-order chi connectivity index (χ1) is 9.75. The zero-order valence-electron chi connectivity index (χ0n) is 12.3. The van der Waals surface area contributed by atoms with E-state index in [4.69, 9.17) is 0 Å². The summed E-state index contributed by atoms with van der Waals surface area (Å²) in [6.07, 6.45) is 5.87. The van der Waals surface area contributed by atoms with Crippen molar-refractivity contribution in [1.82, 2.24) is 4.90 Å². The van der Waals surface area contributed by atoms with Gasteiger partial charge in [-0.15, -0.1) is 0 Å². The van der Waals surface area contributed by atoms with Gasteiger partial charge in [-0.3, -0.25) is 4.79 Å². The summed E-state index contributed by atoms with van der Waals surface area (Å²) in [5.41, 5.74) is 2.65. The van der Waals surface area contributed by atoms with Crippen LogP contribution in [0.5, 0.6) is 0 Å². The van der Waals surface area contributed by atoms with Crippen LogP contribution in [0.15, 0.2) is 24.3 Å². The zero-order chi connectivity index (χ0) is 13.9. The molecule has 3 nitrogen and oxygen atoms in total. The lowest BCUT2D eigenvalue weighted by atomic mass is 9.96. The van der Waals surface area contributed by atoms with E-state index in [2.05, 4.69) is 36.1 Å². The van der Waals surface area contributed by atoms with Gasteiger partial charge < -0.3 is 9.80 Å². The van der Waals surface area contributed by atoms with Crippen molar-refractivity contribution >= 4 is 11.6 Å². The SMILES string of the molecule is CC1CCc2ccccc2N1CC(=O)N1CCCCC1. The van der Waals surface area contributed by atoms with Crippen molar-refractivity contribution in [2.75, 3.05) is 24.5 Å². The first-order valence-corrected chi connectivity index (χ1v) is 7.88. The average Bonchev–Trinajstić information content (AvgIpc) is 2.51. The number of para-hydroxylation sites is 1. The minimum Gasteiger partial charge on any atom is -0.359 e. The topological polar surface area (TPSA) is 23.6 Å². The van der Waals surface area contributed by atoms with Crippen molar-refractivity contribution in [1.29, 1.82) is 0 Å². The first-order valence-electron chi connectivity index (χ1n) is 7.88. The van der Waals surface area contributed by atoms with Crippen LogP contribution in [0.3, 0.4) is 0 Å². The van der Waals surface area contributed by atoms with Crippen molar-refractivity contribution in [3.63, 3.8) is 0 Å². The standard InChI is InChI=1S/C17H24N2O/c1-14-9-10-15-7-3-4-8-16(15)19(14)13-17(20)18-11-5-2-6-12-18/h3-4,7-8,14H,2,5-6,9-13H2,1H3. The molecule has 0 N–H and O–H groups in total. The molecular formula is C17H24N2O. The summed E-state index contributed by atoms with van der Waals surface area (Å²) in [6.45, 7) is 4.67. The Kier molecular flexibility index (Phi) is 3.95. The smallest absolute Gasteiger partial charge is 0.242 e. The number of piperidine rings is 1. The fourth-order valence-electron chi connectivity index (χ4n) is 3.39. The van der Waals surface area contributed by atoms with Gasteiger partial charge in [0.05, 0.1) is 6.54 Å². The second-order valence-corrected chi connectivity index (χ2v) is 6.09. The molecule has 3 heteroatoms. The van der Waals surface area contributed by atoms with Gasteiger partial charge in [0.1, 0.15) is 0 Å². The molecule has 1 amide bonds. The largest absolute Gasteiger partial charge is 0.359 e. The molecular weight excluding hydrogens is 248 g/mol. The fraction of sp³-hybridized carbons (Fsp3) is 0.588. The number of benzene rings is 1. The average molecular weight is 272 g/mol. The lowest BCUT2D eigenvalue weighted by Gasteiger charge is -2.38. The molecule has 1 atom stereocenters. The number of anilines is 1. The number of fused-ring (bicyclic) bond motifs is 1. The van der Waals surface area contributed by atoms with E-state index in [0.717, 1.165) is 38.8 Å². The molecule has 2 heterocycles. The molecule has 1 aromatic rings. The van der Waals surface area contributed by atoms with E-state index in [0.29, 0.717) is 18.5 Å². The van der Waals surface area contributed by atoms with Crippen molar-refractivity contribution in [2.45, 2.75) is 45.1 Å². The molecule has 0 radical (unpaired) electrons. The third-order valence-corrected chi connectivity index (χ3v) is 4.68. The summed E-state index contributed by atoms with van der Waals surface area (Å²) in [6, 6.07) is 8.99. The van der Waals surface area contributed by atoms with E-state index in [1.165, 1.54) is 17.7 Å². The normalized spacial score (nSPS) is 22.6. The maximum atomic E-state index is 12.5. The van der Waals surface area contributed by atoms with Gasteiger partial charge in [0.15, 0.2) is 0 Å². The quantitative estimate of drug-likeness (QED) is 0.826. The highest BCUT2D eigenvalue weighted by molar-refractivity contribution is 5.82. The number of amides is 1. The van der Waals surface area contributed by atoms with Gasteiger partial charge >= 0.3 is 0 Å². The highest BCUT2D eigenvalue weighted by atomic mass is 16.2. The predicted octanol–water partition coefficient (Wildman–Crippen LogP) is 2.84. The predicted molar refractivity (Wildman–Crippen MR) is 82.0 cm³/mol. The van der Waals surface area contributed by atoms with Gasteiger partial charge in [-0.2, -0.15) is 0 Å². The molecule has 2 aliphatic heterocycles. The molecule has 0 spiro atoms. The molecule has 20 heavy (non-hydrogen) atoms. The summed E-state index contributed by atoms with van der Waals surface area (Å²) in [5.74, 6) is 0.299. The molecule has 3 rings (SSSR count). The minimum absolute atomic E-state index is 0.299. The highest BCUT2D eigenvalue weighted by Crippen LogP contribution is 2.30. The van der Waals surface area contributed by atoms with E-state index < -0.39 is 0 Å². The number of likely N-dealkylation sites (tertiary alicyclic amines) is 1. The third-order valence-electron chi connectivity index (χ3n) is 4.68. The molecule has 0 aromatic heterocycles. The number of carbonyl (C=O) groups excluding carboxylic acids is 1. The maximum absolute atomic E-state index is 12.5. The van der Waals surface area contributed by atoms with Crippen LogP contribution in [0.4, 0.5) is 5.69 Å². The molecule has 1 fully saturated rings. The third kappa shape index (κ3) is 2.67. The number of aryl methyl sites for hydroxylation is 1. The molecule has 108 valence electrons. The number of hydrogen-bond donors (Lipinski definition) is 0. The van der Waals surface area contributed by atoms with Crippen molar-refractivity contribution in [3.8, 4) is 0 Å². The van der Waals surface area contributed by atoms with Crippen molar-refractivity contribution < 1.29 is 4.79 Å². The highest BCUT2D eigenvalue weighted by Gasteiger charge is 2.26. The fourth-order valence-corrected chi connectivity index (χ4v) is 3.39. The summed E-state index contributed by atoms with van der Waals surface area (Å²) in [4.78, 5) is 16.9. The van der Waals surface area contributed by atoms with Crippen LogP contribution in [0, 0.1) is 0 Å². The number of nitrogens with zero attached hydrogens (tertiary/aromatic N) is 2. The Labute approximate surface area is 121 Å². The zero-order valence-corrected chi connectivity index (χ0v) is 12.3. The summed E-state index contributed by atoms with van der Waals surface area (Å²) in [7, 11) is 0.